The maximum atomic E-state index is 9.36. The van der Waals surface area contributed by atoms with Crippen molar-refractivity contribution in [1.29, 1.82) is 0 Å². The highest BCUT2D eigenvalue weighted by molar-refractivity contribution is 5.41. The molecule has 0 heterocycles. The van der Waals surface area contributed by atoms with Crippen molar-refractivity contribution in [3.05, 3.63) is 58.7 Å². The van der Waals surface area contributed by atoms with Crippen molar-refractivity contribution in [2.24, 2.45) is 0 Å². The van der Waals surface area contributed by atoms with E-state index in [1.165, 1.54) is 11.1 Å². The van der Waals surface area contributed by atoms with Crippen molar-refractivity contribution in [1.82, 2.24) is 0 Å². The Balaban J connectivity index is 2.19. The van der Waals surface area contributed by atoms with E-state index in [0.29, 0.717) is 12.4 Å². The number of benzene rings is 2. The maximum Gasteiger partial charge on any atom is 0.129 e. The Kier molecular flexibility index (Phi) is 4.64. The lowest BCUT2D eigenvalue weighted by Crippen LogP contribution is -2.01. The lowest BCUT2D eigenvalue weighted by molar-refractivity contribution is 0.257. The smallest absolute Gasteiger partial charge is 0.129 e. The van der Waals surface area contributed by atoms with Gasteiger partial charge in [-0.3, -0.25) is 0 Å². The quantitative estimate of drug-likeness (QED) is 0.906. The van der Waals surface area contributed by atoms with Crippen LogP contribution in [0.2, 0.25) is 0 Å². The number of methoxy groups -OCH3 is 1. The Morgan fingerprint density at radius 3 is 2.50 bits per heavy atom. The second-order valence-electron chi connectivity index (χ2n) is 4.85. The molecule has 1 N–H and O–H groups in total. The third-order valence-corrected chi connectivity index (χ3v) is 3.33. The standard InChI is InChI=1S/C17H20O3/c1-12-4-5-13(2)15(8-12)11-20-17-9-16(19-3)7-6-14(17)10-18/h4-9,18H,10-11H2,1-3H3. The maximum absolute atomic E-state index is 9.36. The largest absolute Gasteiger partial charge is 0.497 e. The van der Waals surface area contributed by atoms with Crippen LogP contribution in [0, 0.1) is 13.8 Å². The van der Waals surface area contributed by atoms with Crippen LogP contribution in [0.4, 0.5) is 0 Å². The summed E-state index contributed by atoms with van der Waals surface area (Å²) < 4.78 is 11.0. The minimum absolute atomic E-state index is 0.0495. The van der Waals surface area contributed by atoms with E-state index in [0.717, 1.165) is 16.9 Å². The van der Waals surface area contributed by atoms with E-state index in [1.54, 1.807) is 13.2 Å². The molecule has 3 heteroatoms. The zero-order valence-corrected chi connectivity index (χ0v) is 12.1. The second kappa shape index (κ2) is 6.44. The summed E-state index contributed by atoms with van der Waals surface area (Å²) in [5, 5.41) is 9.36. The highest BCUT2D eigenvalue weighted by atomic mass is 16.5. The first-order valence-corrected chi connectivity index (χ1v) is 6.60. The molecule has 0 aliphatic carbocycles. The fourth-order valence-electron chi connectivity index (χ4n) is 2.04. The predicted molar refractivity (Wildman–Crippen MR) is 79.2 cm³/mol. The van der Waals surface area contributed by atoms with Gasteiger partial charge in [0.1, 0.15) is 18.1 Å². The van der Waals surface area contributed by atoms with Crippen molar-refractivity contribution in [2.75, 3.05) is 7.11 Å². The van der Waals surface area contributed by atoms with Crippen molar-refractivity contribution < 1.29 is 14.6 Å². The summed E-state index contributed by atoms with van der Waals surface area (Å²) >= 11 is 0. The monoisotopic (exact) mass is 272 g/mol. The summed E-state index contributed by atoms with van der Waals surface area (Å²) in [6.07, 6.45) is 0. The van der Waals surface area contributed by atoms with Crippen LogP contribution in [0.15, 0.2) is 36.4 Å². The molecule has 2 rings (SSSR count). The number of aliphatic hydroxyl groups excluding tert-OH is 1. The molecular formula is C17H20O3. The van der Waals surface area contributed by atoms with Gasteiger partial charge in [0, 0.05) is 11.6 Å². The molecule has 0 saturated carbocycles. The summed E-state index contributed by atoms with van der Waals surface area (Å²) in [4.78, 5) is 0. The van der Waals surface area contributed by atoms with Crippen molar-refractivity contribution in [3.8, 4) is 11.5 Å². The zero-order valence-electron chi connectivity index (χ0n) is 12.1. The van der Waals surface area contributed by atoms with Crippen molar-refractivity contribution in [3.63, 3.8) is 0 Å². The molecule has 0 spiro atoms. The number of hydrogen-bond donors (Lipinski definition) is 1. The highest BCUT2D eigenvalue weighted by Gasteiger charge is 2.07. The van der Waals surface area contributed by atoms with Crippen LogP contribution in [0.1, 0.15) is 22.3 Å². The Hall–Kier alpha value is -2.00. The molecule has 0 amide bonds. The van der Waals surface area contributed by atoms with Gasteiger partial charge in [0.15, 0.2) is 0 Å². The van der Waals surface area contributed by atoms with Crippen LogP contribution in [0.5, 0.6) is 11.5 Å². The number of hydrogen-bond acceptors (Lipinski definition) is 3. The third-order valence-electron chi connectivity index (χ3n) is 3.33. The molecule has 0 fully saturated rings. The summed E-state index contributed by atoms with van der Waals surface area (Å²) in [7, 11) is 1.61. The minimum atomic E-state index is -0.0495. The normalized spacial score (nSPS) is 10.4. The van der Waals surface area contributed by atoms with Gasteiger partial charge in [-0.15, -0.1) is 0 Å². The van der Waals surface area contributed by atoms with E-state index in [1.807, 2.05) is 12.1 Å². The van der Waals surface area contributed by atoms with Crippen molar-refractivity contribution >= 4 is 0 Å². The lowest BCUT2D eigenvalue weighted by Gasteiger charge is -2.13. The van der Waals surface area contributed by atoms with E-state index >= 15 is 0 Å². The molecular weight excluding hydrogens is 252 g/mol. The highest BCUT2D eigenvalue weighted by Crippen LogP contribution is 2.26. The Bertz CT molecular complexity index is 591. The number of rotatable bonds is 5. The molecule has 0 unspecified atom stereocenters. The van der Waals surface area contributed by atoms with Gasteiger partial charge in [-0.2, -0.15) is 0 Å². The van der Waals surface area contributed by atoms with Crippen LogP contribution >= 0.6 is 0 Å². The fourth-order valence-corrected chi connectivity index (χ4v) is 2.04. The minimum Gasteiger partial charge on any atom is -0.497 e. The molecule has 0 radical (unpaired) electrons. The Labute approximate surface area is 119 Å². The Morgan fingerprint density at radius 1 is 1.00 bits per heavy atom. The predicted octanol–water partition coefficient (Wildman–Crippen LogP) is 3.38. The van der Waals surface area contributed by atoms with Crippen LogP contribution < -0.4 is 9.47 Å². The van der Waals surface area contributed by atoms with Gasteiger partial charge in [-0.1, -0.05) is 23.8 Å². The SMILES string of the molecule is COc1ccc(CO)c(OCc2cc(C)ccc2C)c1. The molecule has 0 aliphatic rings. The average molecular weight is 272 g/mol. The summed E-state index contributed by atoms with van der Waals surface area (Å²) in [5.41, 5.74) is 4.32. The molecule has 20 heavy (non-hydrogen) atoms. The van der Waals surface area contributed by atoms with Crippen LogP contribution in [0.3, 0.4) is 0 Å². The first-order chi connectivity index (χ1) is 9.63. The molecule has 0 atom stereocenters. The van der Waals surface area contributed by atoms with Gasteiger partial charge in [-0.05, 0) is 37.1 Å². The molecule has 2 aromatic rings. The van der Waals surface area contributed by atoms with Gasteiger partial charge >= 0.3 is 0 Å². The summed E-state index contributed by atoms with van der Waals surface area (Å²) in [5.74, 6) is 1.38. The average Bonchev–Trinajstić information content (AvgIpc) is 2.47. The van der Waals surface area contributed by atoms with Gasteiger partial charge in [0.2, 0.25) is 0 Å². The van der Waals surface area contributed by atoms with Crippen LogP contribution in [0.25, 0.3) is 0 Å². The lowest BCUT2D eigenvalue weighted by atomic mass is 10.1. The first-order valence-electron chi connectivity index (χ1n) is 6.60. The van der Waals surface area contributed by atoms with E-state index in [4.69, 9.17) is 9.47 Å². The molecule has 0 bridgehead atoms. The number of ether oxygens (including phenoxy) is 2. The van der Waals surface area contributed by atoms with E-state index in [9.17, 15) is 5.11 Å². The Morgan fingerprint density at radius 2 is 1.80 bits per heavy atom. The van der Waals surface area contributed by atoms with E-state index < -0.39 is 0 Å². The summed E-state index contributed by atoms with van der Waals surface area (Å²) in [6.45, 7) is 4.56. The van der Waals surface area contributed by atoms with Crippen molar-refractivity contribution in [2.45, 2.75) is 27.1 Å². The fraction of sp³-hybridized carbons (Fsp3) is 0.294. The molecule has 0 aliphatic heterocycles. The first kappa shape index (κ1) is 14.4. The van der Waals surface area contributed by atoms with Gasteiger partial charge in [-0.25, -0.2) is 0 Å². The van der Waals surface area contributed by atoms with Crippen LogP contribution in [-0.2, 0) is 13.2 Å². The molecule has 0 aromatic heterocycles. The van der Waals surface area contributed by atoms with E-state index in [2.05, 4.69) is 32.0 Å². The topological polar surface area (TPSA) is 38.7 Å². The second-order valence-corrected chi connectivity index (χ2v) is 4.85. The van der Waals surface area contributed by atoms with Crippen LogP contribution in [-0.4, -0.2) is 12.2 Å². The molecule has 0 saturated heterocycles. The molecule has 2 aromatic carbocycles. The van der Waals surface area contributed by atoms with E-state index in [-0.39, 0.29) is 6.61 Å². The molecule has 3 nitrogen and oxygen atoms in total. The number of aliphatic hydroxyl groups is 1. The van der Waals surface area contributed by atoms with Gasteiger partial charge < -0.3 is 14.6 Å². The van der Waals surface area contributed by atoms with Gasteiger partial charge in [0.05, 0.1) is 13.7 Å². The third kappa shape index (κ3) is 3.31. The number of aryl methyl sites for hydroxylation is 2. The zero-order chi connectivity index (χ0) is 14.5. The van der Waals surface area contributed by atoms with Gasteiger partial charge in [0.25, 0.3) is 0 Å². The molecule has 106 valence electrons. The summed E-state index contributed by atoms with van der Waals surface area (Å²) in [6, 6.07) is 11.7.